The van der Waals surface area contributed by atoms with Crippen molar-refractivity contribution in [2.45, 2.75) is 32.2 Å². The summed E-state index contributed by atoms with van der Waals surface area (Å²) < 4.78 is 5.59. The van der Waals surface area contributed by atoms with E-state index in [-0.39, 0.29) is 11.9 Å². The number of methoxy groups -OCH3 is 1. The average molecular weight is 407 g/mol. The third-order valence-electron chi connectivity index (χ3n) is 5.94. The molecule has 0 saturated carbocycles. The highest BCUT2D eigenvalue weighted by Gasteiger charge is 2.26. The summed E-state index contributed by atoms with van der Waals surface area (Å²) in [6, 6.07) is 15.9. The minimum absolute atomic E-state index is 0.0539. The van der Waals surface area contributed by atoms with Crippen LogP contribution >= 0.6 is 0 Å². The number of para-hydroxylation sites is 1. The molecule has 0 spiro atoms. The Hall–Kier alpha value is -2.86. The maximum Gasteiger partial charge on any atom is 0.251 e. The predicted octanol–water partition coefficient (Wildman–Crippen LogP) is 3.85. The molecule has 2 heterocycles. The number of hydrazone groups is 1. The van der Waals surface area contributed by atoms with Crippen LogP contribution in [0.3, 0.4) is 0 Å². The summed E-state index contributed by atoms with van der Waals surface area (Å²) in [5, 5.41) is 9.65. The van der Waals surface area contributed by atoms with E-state index in [9.17, 15) is 4.79 Å². The van der Waals surface area contributed by atoms with Crippen molar-refractivity contribution in [2.24, 2.45) is 5.10 Å². The highest BCUT2D eigenvalue weighted by molar-refractivity contribution is 5.94. The fourth-order valence-corrected chi connectivity index (χ4v) is 4.27. The molecule has 1 atom stereocenters. The summed E-state index contributed by atoms with van der Waals surface area (Å²) in [5.41, 5.74) is 3.95. The normalized spacial score (nSPS) is 17.7. The van der Waals surface area contributed by atoms with E-state index in [4.69, 9.17) is 4.74 Å². The lowest BCUT2D eigenvalue weighted by molar-refractivity contribution is 0.0937. The van der Waals surface area contributed by atoms with E-state index in [0.717, 1.165) is 48.8 Å². The van der Waals surface area contributed by atoms with Gasteiger partial charge in [0.1, 0.15) is 5.75 Å². The van der Waals surface area contributed by atoms with E-state index in [1.165, 1.54) is 12.8 Å². The largest absolute Gasteiger partial charge is 0.496 e. The number of anilines is 1. The molecule has 0 radical (unpaired) electrons. The molecule has 30 heavy (non-hydrogen) atoms. The van der Waals surface area contributed by atoms with E-state index in [0.29, 0.717) is 12.1 Å². The molecule has 1 unspecified atom stereocenters. The molecule has 0 aliphatic carbocycles. The molecular formula is C24H30N4O2. The van der Waals surface area contributed by atoms with Gasteiger partial charge in [0.05, 0.1) is 18.8 Å². The van der Waals surface area contributed by atoms with E-state index in [2.05, 4.69) is 21.4 Å². The van der Waals surface area contributed by atoms with Gasteiger partial charge in [-0.3, -0.25) is 14.7 Å². The van der Waals surface area contributed by atoms with E-state index in [1.54, 1.807) is 7.11 Å². The Labute approximate surface area is 178 Å². The lowest BCUT2D eigenvalue weighted by atomic mass is 10.0. The number of likely N-dealkylation sites (tertiary alicyclic amines) is 1. The minimum atomic E-state index is -0.0539. The molecular weight excluding hydrogens is 376 g/mol. The third-order valence-corrected chi connectivity index (χ3v) is 5.94. The zero-order valence-corrected chi connectivity index (χ0v) is 17.8. The zero-order valence-electron chi connectivity index (χ0n) is 17.8. The first kappa shape index (κ1) is 20.4. The van der Waals surface area contributed by atoms with Crippen molar-refractivity contribution in [3.05, 3.63) is 59.7 Å². The van der Waals surface area contributed by atoms with Gasteiger partial charge in [0, 0.05) is 36.3 Å². The van der Waals surface area contributed by atoms with Crippen LogP contribution in [0.5, 0.6) is 5.75 Å². The lowest BCUT2D eigenvalue weighted by Gasteiger charge is -2.29. The molecule has 2 aliphatic heterocycles. The van der Waals surface area contributed by atoms with Crippen LogP contribution in [0.1, 0.15) is 48.1 Å². The molecule has 6 heteroatoms. The van der Waals surface area contributed by atoms with Gasteiger partial charge in [0.2, 0.25) is 0 Å². The van der Waals surface area contributed by atoms with Crippen LogP contribution in [0.2, 0.25) is 0 Å². The van der Waals surface area contributed by atoms with Crippen molar-refractivity contribution < 1.29 is 9.53 Å². The van der Waals surface area contributed by atoms with Crippen molar-refractivity contribution in [1.82, 2.24) is 10.2 Å². The molecule has 6 nitrogen and oxygen atoms in total. The number of carbonyl (C=O) groups is 1. The van der Waals surface area contributed by atoms with Crippen LogP contribution in [0.15, 0.2) is 53.6 Å². The summed E-state index contributed by atoms with van der Waals surface area (Å²) >= 11 is 0. The monoisotopic (exact) mass is 406 g/mol. The molecule has 1 saturated heterocycles. The summed E-state index contributed by atoms with van der Waals surface area (Å²) in [6.07, 6.45) is 3.38. The number of amides is 1. The number of hydrogen-bond acceptors (Lipinski definition) is 5. The maximum absolute atomic E-state index is 12.8. The molecule has 0 aromatic heterocycles. The topological polar surface area (TPSA) is 57.2 Å². The molecule has 158 valence electrons. The Bertz CT molecular complexity index is 904. The smallest absolute Gasteiger partial charge is 0.251 e. The lowest BCUT2D eigenvalue weighted by Crippen LogP contribution is -2.37. The Balaban J connectivity index is 1.45. The van der Waals surface area contributed by atoms with Gasteiger partial charge in [-0.05, 0) is 63.2 Å². The van der Waals surface area contributed by atoms with Crippen molar-refractivity contribution in [1.29, 1.82) is 0 Å². The van der Waals surface area contributed by atoms with Gasteiger partial charge in [-0.15, -0.1) is 0 Å². The highest BCUT2D eigenvalue weighted by Crippen LogP contribution is 2.31. The number of hydrogen-bond donors (Lipinski definition) is 1. The van der Waals surface area contributed by atoms with Gasteiger partial charge in [0.15, 0.2) is 0 Å². The third kappa shape index (κ3) is 4.49. The standard InChI is InChI=1S/C24H30N4O2/c1-18-13-16-28(26-18)20-11-9-19(10-12-20)24(29)25-17-22(27-14-5-6-15-27)21-7-3-4-8-23(21)30-2/h3-4,7-12,22H,5-6,13-17H2,1-2H3,(H,25,29). The number of nitrogens with zero attached hydrogens (tertiary/aromatic N) is 3. The van der Waals surface area contributed by atoms with Crippen LogP contribution in [-0.4, -0.2) is 49.8 Å². The first-order chi connectivity index (χ1) is 14.7. The summed E-state index contributed by atoms with van der Waals surface area (Å²) in [7, 11) is 1.70. The van der Waals surface area contributed by atoms with Crippen LogP contribution in [0.25, 0.3) is 0 Å². The van der Waals surface area contributed by atoms with Gasteiger partial charge in [-0.1, -0.05) is 18.2 Å². The zero-order chi connectivity index (χ0) is 20.9. The highest BCUT2D eigenvalue weighted by atomic mass is 16.5. The van der Waals surface area contributed by atoms with Gasteiger partial charge < -0.3 is 10.1 Å². The van der Waals surface area contributed by atoms with Crippen LogP contribution in [0, 0.1) is 0 Å². The SMILES string of the molecule is COc1ccccc1C(CNC(=O)c1ccc(N2CCC(C)=N2)cc1)N1CCCC1. The van der Waals surface area contributed by atoms with Crippen molar-refractivity contribution in [3.8, 4) is 5.75 Å². The summed E-state index contributed by atoms with van der Waals surface area (Å²) in [6.45, 7) is 5.58. The van der Waals surface area contributed by atoms with Crippen LogP contribution in [-0.2, 0) is 0 Å². The Kier molecular flexibility index (Phi) is 6.33. The molecule has 1 N–H and O–H groups in total. The van der Waals surface area contributed by atoms with Crippen LogP contribution in [0.4, 0.5) is 5.69 Å². The van der Waals surface area contributed by atoms with E-state index < -0.39 is 0 Å². The Morgan fingerprint density at radius 2 is 1.83 bits per heavy atom. The Morgan fingerprint density at radius 1 is 1.10 bits per heavy atom. The second-order valence-corrected chi connectivity index (χ2v) is 7.97. The molecule has 2 aromatic carbocycles. The van der Waals surface area contributed by atoms with Gasteiger partial charge in [-0.25, -0.2) is 0 Å². The number of benzene rings is 2. The van der Waals surface area contributed by atoms with E-state index in [1.807, 2.05) is 54.4 Å². The van der Waals surface area contributed by atoms with Crippen molar-refractivity contribution >= 4 is 17.3 Å². The fourth-order valence-electron chi connectivity index (χ4n) is 4.27. The first-order valence-electron chi connectivity index (χ1n) is 10.7. The molecule has 1 fully saturated rings. The Morgan fingerprint density at radius 3 is 2.50 bits per heavy atom. The molecule has 1 amide bonds. The number of nitrogens with one attached hydrogen (secondary N) is 1. The van der Waals surface area contributed by atoms with Crippen molar-refractivity contribution in [2.75, 3.05) is 38.3 Å². The van der Waals surface area contributed by atoms with Gasteiger partial charge >= 0.3 is 0 Å². The number of carbonyl (C=O) groups excluding carboxylic acids is 1. The van der Waals surface area contributed by atoms with Gasteiger partial charge in [-0.2, -0.15) is 5.10 Å². The summed E-state index contributed by atoms with van der Waals surface area (Å²) in [4.78, 5) is 15.3. The second-order valence-electron chi connectivity index (χ2n) is 7.97. The second kappa shape index (κ2) is 9.30. The molecule has 2 aromatic rings. The maximum atomic E-state index is 12.8. The quantitative estimate of drug-likeness (QED) is 0.759. The molecule has 2 aliphatic rings. The number of rotatable bonds is 7. The van der Waals surface area contributed by atoms with Crippen LogP contribution < -0.4 is 15.1 Å². The molecule has 4 rings (SSSR count). The predicted molar refractivity (Wildman–Crippen MR) is 120 cm³/mol. The first-order valence-corrected chi connectivity index (χ1v) is 10.7. The van der Waals surface area contributed by atoms with Gasteiger partial charge in [0.25, 0.3) is 5.91 Å². The van der Waals surface area contributed by atoms with Crippen molar-refractivity contribution in [3.63, 3.8) is 0 Å². The summed E-state index contributed by atoms with van der Waals surface area (Å²) in [5.74, 6) is 0.816. The average Bonchev–Trinajstić information content (AvgIpc) is 3.46. The van der Waals surface area contributed by atoms with E-state index >= 15 is 0 Å². The minimum Gasteiger partial charge on any atom is -0.496 e. The number of ether oxygens (including phenoxy) is 1. The fraction of sp³-hybridized carbons (Fsp3) is 0.417. The molecule has 0 bridgehead atoms.